The second kappa shape index (κ2) is 7.24. The van der Waals surface area contributed by atoms with Gasteiger partial charge in [-0.3, -0.25) is 15.1 Å². The highest BCUT2D eigenvalue weighted by atomic mass is 32.1. The average molecular weight is 400 g/mol. The molecule has 142 valence electrons. The Morgan fingerprint density at radius 3 is 2.64 bits per heavy atom. The summed E-state index contributed by atoms with van der Waals surface area (Å²) in [6, 6.07) is 8.79. The van der Waals surface area contributed by atoms with Gasteiger partial charge in [-0.15, -0.1) is 11.3 Å². The summed E-state index contributed by atoms with van der Waals surface area (Å²) in [4.78, 5) is 15.7. The van der Waals surface area contributed by atoms with Crippen LogP contribution >= 0.6 is 11.3 Å². The Morgan fingerprint density at radius 2 is 1.96 bits per heavy atom. The van der Waals surface area contributed by atoms with Gasteiger partial charge in [0.1, 0.15) is 5.82 Å². The molecule has 4 rings (SSSR count). The molecule has 0 saturated carbocycles. The number of halogens is 1. The van der Waals surface area contributed by atoms with E-state index >= 15 is 0 Å². The fourth-order valence-electron chi connectivity index (χ4n) is 2.71. The van der Waals surface area contributed by atoms with E-state index in [4.69, 9.17) is 9.47 Å². The molecule has 0 spiro atoms. The molecule has 10 heteroatoms. The predicted octanol–water partition coefficient (Wildman–Crippen LogP) is 3.41. The molecule has 0 bridgehead atoms. The molecule has 0 aliphatic carbocycles. The zero-order valence-electron chi connectivity index (χ0n) is 14.5. The first-order chi connectivity index (χ1) is 13.6. The van der Waals surface area contributed by atoms with Crippen molar-refractivity contribution in [2.24, 2.45) is 10.1 Å². The van der Waals surface area contributed by atoms with Crippen LogP contribution in [0.2, 0.25) is 0 Å². The number of ether oxygens (including phenoxy) is 2. The van der Waals surface area contributed by atoms with Crippen molar-refractivity contribution >= 4 is 23.2 Å². The first kappa shape index (κ1) is 17.9. The van der Waals surface area contributed by atoms with Gasteiger partial charge in [0.05, 0.1) is 28.5 Å². The fourth-order valence-corrected chi connectivity index (χ4v) is 3.51. The van der Waals surface area contributed by atoms with Crippen molar-refractivity contribution < 1.29 is 18.8 Å². The van der Waals surface area contributed by atoms with Crippen LogP contribution in [-0.2, 0) is 0 Å². The number of benzene rings is 2. The summed E-state index contributed by atoms with van der Waals surface area (Å²) in [5.41, 5.74) is 1.54. The van der Waals surface area contributed by atoms with E-state index in [1.54, 1.807) is 23.9 Å². The van der Waals surface area contributed by atoms with E-state index in [0.717, 1.165) is 5.56 Å². The van der Waals surface area contributed by atoms with Crippen molar-refractivity contribution in [3.8, 4) is 22.8 Å². The number of nitrogens with zero attached hydrogens (tertiary/aromatic N) is 4. The van der Waals surface area contributed by atoms with Crippen LogP contribution in [0.3, 0.4) is 0 Å². The van der Waals surface area contributed by atoms with Crippen LogP contribution < -0.4 is 14.3 Å². The van der Waals surface area contributed by atoms with Gasteiger partial charge in [-0.05, 0) is 30.3 Å². The zero-order valence-corrected chi connectivity index (χ0v) is 15.4. The molecular formula is C18H13FN4O4S. The van der Waals surface area contributed by atoms with E-state index in [1.165, 1.54) is 41.8 Å². The molecule has 0 N–H and O–H groups in total. The quantitative estimate of drug-likeness (QED) is 0.381. The molecule has 3 aromatic rings. The number of aromatic nitrogens is 1. The third-order valence-electron chi connectivity index (χ3n) is 4.05. The van der Waals surface area contributed by atoms with Crippen LogP contribution in [-0.4, -0.2) is 29.7 Å². The smallest absolute Gasteiger partial charge is 0.282 e. The minimum Gasteiger partial charge on any atom is -0.454 e. The lowest BCUT2D eigenvalue weighted by atomic mass is 10.1. The standard InChI is InChI=1S/C18H13FN4O4S/c1-20-18-22(15(9-28-18)11-2-4-13(19)5-3-11)21-8-12-6-16-17(27-10-26-16)7-14(12)23(24)25/h2-9H,10H2,1H3. The molecule has 2 aromatic carbocycles. The highest BCUT2D eigenvalue weighted by molar-refractivity contribution is 7.07. The summed E-state index contributed by atoms with van der Waals surface area (Å²) < 4.78 is 25.3. The fraction of sp³-hybridized carbons (Fsp3) is 0.111. The molecule has 2 heterocycles. The Labute approximate surface area is 162 Å². The van der Waals surface area contributed by atoms with Crippen molar-refractivity contribution in [2.45, 2.75) is 0 Å². The molecular weight excluding hydrogens is 387 g/mol. The van der Waals surface area contributed by atoms with Crippen molar-refractivity contribution in [1.82, 2.24) is 4.68 Å². The van der Waals surface area contributed by atoms with Crippen LogP contribution in [0.4, 0.5) is 10.1 Å². The predicted molar refractivity (Wildman–Crippen MR) is 101 cm³/mol. The minimum atomic E-state index is -0.506. The molecule has 0 radical (unpaired) electrons. The van der Waals surface area contributed by atoms with Gasteiger partial charge < -0.3 is 9.47 Å². The number of hydrogen-bond acceptors (Lipinski definition) is 7. The Kier molecular flexibility index (Phi) is 4.62. The molecule has 1 aliphatic rings. The molecule has 0 unspecified atom stereocenters. The van der Waals surface area contributed by atoms with Gasteiger partial charge in [0.2, 0.25) is 11.6 Å². The summed E-state index contributed by atoms with van der Waals surface area (Å²) in [7, 11) is 1.62. The van der Waals surface area contributed by atoms with Gasteiger partial charge >= 0.3 is 0 Å². The lowest BCUT2D eigenvalue weighted by molar-refractivity contribution is -0.385. The summed E-state index contributed by atoms with van der Waals surface area (Å²) >= 11 is 1.35. The number of fused-ring (bicyclic) bond motifs is 1. The Balaban J connectivity index is 1.80. The van der Waals surface area contributed by atoms with E-state index in [-0.39, 0.29) is 23.9 Å². The van der Waals surface area contributed by atoms with E-state index in [0.29, 0.717) is 22.0 Å². The van der Waals surface area contributed by atoms with Crippen LogP contribution in [0.1, 0.15) is 5.56 Å². The first-order valence-corrected chi connectivity index (χ1v) is 8.96. The Hall–Kier alpha value is -3.53. The number of rotatable bonds is 4. The lowest BCUT2D eigenvalue weighted by Crippen LogP contribution is -2.11. The zero-order chi connectivity index (χ0) is 19.7. The van der Waals surface area contributed by atoms with E-state index < -0.39 is 4.92 Å². The SMILES string of the molecule is CN=c1scc(-c2ccc(F)cc2)n1N=Cc1cc2c(cc1[N+](=O)[O-])OCO2. The van der Waals surface area contributed by atoms with E-state index in [9.17, 15) is 14.5 Å². The van der Waals surface area contributed by atoms with Crippen LogP contribution in [0.25, 0.3) is 11.3 Å². The summed E-state index contributed by atoms with van der Waals surface area (Å²) in [6.45, 7) is 0.0138. The van der Waals surface area contributed by atoms with Crippen molar-refractivity contribution in [2.75, 3.05) is 13.8 Å². The summed E-state index contributed by atoms with van der Waals surface area (Å²) in [5.74, 6) is 0.398. The molecule has 28 heavy (non-hydrogen) atoms. The number of thiazole rings is 1. The Bertz CT molecular complexity index is 1150. The van der Waals surface area contributed by atoms with Gasteiger partial charge in [-0.25, -0.2) is 9.07 Å². The van der Waals surface area contributed by atoms with Crippen molar-refractivity contribution in [3.63, 3.8) is 0 Å². The summed E-state index contributed by atoms with van der Waals surface area (Å²) in [5, 5.41) is 17.6. The molecule has 0 saturated heterocycles. The normalized spacial score (nSPS) is 13.4. The van der Waals surface area contributed by atoms with E-state index in [2.05, 4.69) is 10.1 Å². The van der Waals surface area contributed by atoms with Crippen LogP contribution in [0.5, 0.6) is 11.5 Å². The van der Waals surface area contributed by atoms with E-state index in [1.807, 2.05) is 5.38 Å². The van der Waals surface area contributed by atoms with Crippen molar-refractivity contribution in [1.29, 1.82) is 0 Å². The largest absolute Gasteiger partial charge is 0.454 e. The number of nitro benzene ring substituents is 1. The maximum absolute atomic E-state index is 13.2. The monoisotopic (exact) mass is 400 g/mol. The Morgan fingerprint density at radius 1 is 1.25 bits per heavy atom. The maximum Gasteiger partial charge on any atom is 0.282 e. The van der Waals surface area contributed by atoms with Gasteiger partial charge in [-0.2, -0.15) is 5.10 Å². The molecule has 1 aromatic heterocycles. The minimum absolute atomic E-state index is 0.0138. The average Bonchev–Trinajstić information content (AvgIpc) is 3.32. The van der Waals surface area contributed by atoms with Crippen LogP contribution in [0, 0.1) is 15.9 Å². The molecule has 0 amide bonds. The number of hydrogen-bond donors (Lipinski definition) is 0. The molecule has 1 aliphatic heterocycles. The van der Waals surface area contributed by atoms with Crippen LogP contribution in [0.15, 0.2) is 51.9 Å². The second-order valence-electron chi connectivity index (χ2n) is 5.71. The second-order valence-corrected chi connectivity index (χ2v) is 6.55. The highest BCUT2D eigenvalue weighted by Crippen LogP contribution is 2.37. The van der Waals surface area contributed by atoms with Gasteiger partial charge in [0.25, 0.3) is 5.69 Å². The van der Waals surface area contributed by atoms with Gasteiger partial charge in [-0.1, -0.05) is 0 Å². The number of nitro groups is 1. The summed E-state index contributed by atoms with van der Waals surface area (Å²) in [6.07, 6.45) is 1.37. The molecule has 8 nitrogen and oxygen atoms in total. The third-order valence-corrected chi connectivity index (χ3v) is 4.95. The molecule has 0 fully saturated rings. The first-order valence-electron chi connectivity index (χ1n) is 8.08. The van der Waals surface area contributed by atoms with Gasteiger partial charge in [0.15, 0.2) is 11.5 Å². The van der Waals surface area contributed by atoms with Gasteiger partial charge in [0, 0.05) is 18.0 Å². The lowest BCUT2D eigenvalue weighted by Gasteiger charge is -2.04. The topological polar surface area (TPSA) is 91.2 Å². The third kappa shape index (κ3) is 3.25. The van der Waals surface area contributed by atoms with Crippen molar-refractivity contribution in [3.05, 3.63) is 68.1 Å². The highest BCUT2D eigenvalue weighted by Gasteiger charge is 2.22. The maximum atomic E-state index is 13.2. The molecule has 0 atom stereocenters.